The molecule has 0 saturated carbocycles. The Morgan fingerprint density at radius 1 is 1.23 bits per heavy atom. The van der Waals surface area contributed by atoms with Crippen LogP contribution in [0.5, 0.6) is 0 Å². The molecular weight excluding hydrogens is 281 g/mol. The largest absolute Gasteiger partial charge is 0.349 e. The van der Waals surface area contributed by atoms with E-state index in [1.807, 2.05) is 12.1 Å². The highest BCUT2D eigenvalue weighted by molar-refractivity contribution is 5.22. The molecular formula is C18H20FNO2. The Balaban J connectivity index is 1.68. The van der Waals surface area contributed by atoms with Crippen molar-refractivity contribution in [3.63, 3.8) is 0 Å². The number of hydrogen-bond acceptors (Lipinski definition) is 3. The predicted molar refractivity (Wildman–Crippen MR) is 82.9 cm³/mol. The van der Waals surface area contributed by atoms with Crippen molar-refractivity contribution in [1.82, 2.24) is 5.32 Å². The lowest BCUT2D eigenvalue weighted by Crippen LogP contribution is -2.43. The van der Waals surface area contributed by atoms with E-state index >= 15 is 0 Å². The molecule has 0 bridgehead atoms. The molecule has 0 aliphatic carbocycles. The van der Waals surface area contributed by atoms with Crippen LogP contribution in [-0.2, 0) is 16.1 Å². The third-order valence-electron chi connectivity index (χ3n) is 3.75. The van der Waals surface area contributed by atoms with E-state index in [0.29, 0.717) is 13.2 Å². The fraction of sp³-hybridized carbons (Fsp3) is 0.333. The van der Waals surface area contributed by atoms with Crippen molar-refractivity contribution in [2.24, 2.45) is 0 Å². The minimum Gasteiger partial charge on any atom is -0.349 e. The summed E-state index contributed by atoms with van der Waals surface area (Å²) in [7, 11) is 0. The van der Waals surface area contributed by atoms with Gasteiger partial charge in [0.2, 0.25) is 0 Å². The minimum absolute atomic E-state index is 0.0841. The molecule has 1 fully saturated rings. The van der Waals surface area contributed by atoms with Crippen molar-refractivity contribution >= 4 is 0 Å². The Hall–Kier alpha value is -1.75. The summed E-state index contributed by atoms with van der Waals surface area (Å²) in [6, 6.07) is 14.6. The maximum absolute atomic E-state index is 13.1. The van der Waals surface area contributed by atoms with Gasteiger partial charge in [-0.1, -0.05) is 42.0 Å². The molecule has 1 N–H and O–H groups in total. The van der Waals surface area contributed by atoms with Crippen molar-refractivity contribution in [2.75, 3.05) is 13.2 Å². The first kappa shape index (κ1) is 15.2. The van der Waals surface area contributed by atoms with E-state index in [-0.39, 0.29) is 18.1 Å². The summed E-state index contributed by atoms with van der Waals surface area (Å²) in [5.74, 6) is -0.238. The number of morpholine rings is 1. The second-order valence-corrected chi connectivity index (χ2v) is 5.52. The molecule has 4 heteroatoms. The smallest absolute Gasteiger partial charge is 0.177 e. The van der Waals surface area contributed by atoms with Crippen LogP contribution < -0.4 is 5.32 Å². The van der Waals surface area contributed by atoms with Gasteiger partial charge in [0.05, 0.1) is 19.3 Å². The molecule has 0 amide bonds. The predicted octanol–water partition coefficient (Wildman–Crippen LogP) is 3.34. The van der Waals surface area contributed by atoms with Gasteiger partial charge in [-0.05, 0) is 30.2 Å². The Kier molecular flexibility index (Phi) is 4.83. The summed E-state index contributed by atoms with van der Waals surface area (Å²) >= 11 is 0. The van der Waals surface area contributed by atoms with Gasteiger partial charge in [0.15, 0.2) is 6.29 Å². The maximum atomic E-state index is 13.1. The third-order valence-corrected chi connectivity index (χ3v) is 3.75. The number of halogens is 1. The van der Waals surface area contributed by atoms with Gasteiger partial charge in [-0.25, -0.2) is 4.39 Å². The van der Waals surface area contributed by atoms with Gasteiger partial charge in [-0.15, -0.1) is 0 Å². The zero-order valence-electron chi connectivity index (χ0n) is 12.6. The van der Waals surface area contributed by atoms with Gasteiger partial charge in [0.25, 0.3) is 0 Å². The first-order chi connectivity index (χ1) is 10.7. The second kappa shape index (κ2) is 7.01. The number of aryl methyl sites for hydroxylation is 1. The number of hydrogen-bond donors (Lipinski definition) is 1. The molecule has 0 aromatic heterocycles. The van der Waals surface area contributed by atoms with Crippen LogP contribution in [0.25, 0.3) is 0 Å². The fourth-order valence-corrected chi connectivity index (χ4v) is 2.65. The first-order valence-electron chi connectivity index (χ1n) is 7.50. The van der Waals surface area contributed by atoms with Crippen LogP contribution in [0.3, 0.4) is 0 Å². The normalized spacial score (nSPS) is 21.7. The van der Waals surface area contributed by atoms with Crippen molar-refractivity contribution in [3.05, 3.63) is 71.0 Å². The van der Waals surface area contributed by atoms with Crippen LogP contribution in [0.2, 0.25) is 0 Å². The molecule has 1 aliphatic heterocycles. The zero-order valence-corrected chi connectivity index (χ0v) is 12.6. The molecule has 0 unspecified atom stereocenters. The molecule has 1 heterocycles. The molecule has 2 atom stereocenters. The summed E-state index contributed by atoms with van der Waals surface area (Å²) in [5, 5.41) is 3.38. The quantitative estimate of drug-likeness (QED) is 0.939. The Labute approximate surface area is 130 Å². The van der Waals surface area contributed by atoms with Gasteiger partial charge in [-0.2, -0.15) is 0 Å². The van der Waals surface area contributed by atoms with Crippen LogP contribution in [-0.4, -0.2) is 19.4 Å². The van der Waals surface area contributed by atoms with Crippen LogP contribution >= 0.6 is 0 Å². The van der Waals surface area contributed by atoms with E-state index in [1.165, 1.54) is 17.7 Å². The van der Waals surface area contributed by atoms with Crippen molar-refractivity contribution < 1.29 is 13.9 Å². The monoisotopic (exact) mass is 301 g/mol. The van der Waals surface area contributed by atoms with E-state index in [4.69, 9.17) is 9.47 Å². The molecule has 1 saturated heterocycles. The molecule has 2 aromatic carbocycles. The SMILES string of the molecule is Cc1cccc(CO[C@H]2OCCN[C@H]2c2ccc(F)cc2)c1. The van der Waals surface area contributed by atoms with Gasteiger partial charge >= 0.3 is 0 Å². The lowest BCUT2D eigenvalue weighted by molar-refractivity contribution is -0.183. The maximum Gasteiger partial charge on any atom is 0.177 e. The van der Waals surface area contributed by atoms with Gasteiger partial charge < -0.3 is 14.8 Å². The molecule has 116 valence electrons. The van der Waals surface area contributed by atoms with Crippen LogP contribution in [0.15, 0.2) is 48.5 Å². The lowest BCUT2D eigenvalue weighted by atomic mass is 10.1. The van der Waals surface area contributed by atoms with E-state index in [9.17, 15) is 4.39 Å². The van der Waals surface area contributed by atoms with Crippen molar-refractivity contribution in [2.45, 2.75) is 25.9 Å². The first-order valence-corrected chi connectivity index (χ1v) is 7.50. The van der Waals surface area contributed by atoms with E-state index < -0.39 is 0 Å². The lowest BCUT2D eigenvalue weighted by Gasteiger charge is -2.33. The summed E-state index contributed by atoms with van der Waals surface area (Å²) in [5.41, 5.74) is 3.29. The van der Waals surface area contributed by atoms with Gasteiger partial charge in [0.1, 0.15) is 5.82 Å². The van der Waals surface area contributed by atoms with E-state index in [0.717, 1.165) is 17.7 Å². The second-order valence-electron chi connectivity index (χ2n) is 5.52. The standard InChI is InChI=1S/C18H20FNO2/c1-13-3-2-4-14(11-13)12-22-18-17(20-9-10-21-18)15-5-7-16(19)8-6-15/h2-8,11,17-18,20H,9-10,12H2,1H3/t17-,18+/m0/s1. The highest BCUT2D eigenvalue weighted by Gasteiger charge is 2.27. The molecule has 0 radical (unpaired) electrons. The minimum atomic E-state index is -0.375. The number of benzene rings is 2. The number of nitrogens with one attached hydrogen (secondary N) is 1. The third kappa shape index (κ3) is 3.71. The average Bonchev–Trinajstić information content (AvgIpc) is 2.54. The summed E-state index contributed by atoms with van der Waals surface area (Å²) < 4.78 is 24.8. The Morgan fingerprint density at radius 3 is 2.82 bits per heavy atom. The molecule has 3 rings (SSSR count). The molecule has 1 aliphatic rings. The molecule has 22 heavy (non-hydrogen) atoms. The Morgan fingerprint density at radius 2 is 2.05 bits per heavy atom. The average molecular weight is 301 g/mol. The Bertz CT molecular complexity index is 615. The fourth-order valence-electron chi connectivity index (χ4n) is 2.65. The summed E-state index contributed by atoms with van der Waals surface area (Å²) in [4.78, 5) is 0. The number of ether oxygens (including phenoxy) is 2. The number of rotatable bonds is 4. The van der Waals surface area contributed by atoms with Crippen molar-refractivity contribution in [1.29, 1.82) is 0 Å². The van der Waals surface area contributed by atoms with Gasteiger partial charge in [0, 0.05) is 6.54 Å². The summed E-state index contributed by atoms with van der Waals surface area (Å²) in [6.45, 7) is 3.91. The molecule has 2 aromatic rings. The van der Waals surface area contributed by atoms with Crippen LogP contribution in [0.4, 0.5) is 4.39 Å². The zero-order chi connectivity index (χ0) is 15.4. The van der Waals surface area contributed by atoms with Crippen LogP contribution in [0, 0.1) is 12.7 Å². The summed E-state index contributed by atoms with van der Waals surface area (Å²) in [6.07, 6.45) is -0.375. The van der Waals surface area contributed by atoms with E-state index in [1.54, 1.807) is 12.1 Å². The molecule has 0 spiro atoms. The van der Waals surface area contributed by atoms with E-state index in [2.05, 4.69) is 24.4 Å². The highest BCUT2D eigenvalue weighted by Crippen LogP contribution is 2.24. The topological polar surface area (TPSA) is 30.5 Å². The molecule has 3 nitrogen and oxygen atoms in total. The highest BCUT2D eigenvalue weighted by atomic mass is 19.1. The van der Waals surface area contributed by atoms with Gasteiger partial charge in [-0.3, -0.25) is 0 Å². The van der Waals surface area contributed by atoms with Crippen molar-refractivity contribution in [3.8, 4) is 0 Å². The van der Waals surface area contributed by atoms with Crippen LogP contribution in [0.1, 0.15) is 22.7 Å².